The van der Waals surface area contributed by atoms with E-state index < -0.39 is 0 Å². The Kier molecular flexibility index (Phi) is 5.53. The van der Waals surface area contributed by atoms with Gasteiger partial charge in [-0.15, -0.1) is 0 Å². The van der Waals surface area contributed by atoms with Gasteiger partial charge in [0.25, 0.3) is 0 Å². The van der Waals surface area contributed by atoms with E-state index in [0.717, 1.165) is 0 Å². The Morgan fingerprint density at radius 1 is 1.53 bits per heavy atom. The van der Waals surface area contributed by atoms with Crippen molar-refractivity contribution in [2.45, 2.75) is 45.0 Å². The molecule has 1 rings (SSSR count). The largest absolute Gasteiger partial charge is 0.396 e. The van der Waals surface area contributed by atoms with Gasteiger partial charge in [0.15, 0.2) is 0 Å². The highest BCUT2D eigenvalue weighted by Crippen LogP contribution is 2.28. The van der Waals surface area contributed by atoms with Crippen molar-refractivity contribution in [3.8, 4) is 0 Å². The van der Waals surface area contributed by atoms with E-state index >= 15 is 0 Å². The smallest absolute Gasteiger partial charge is 0.0888 e. The molecular weight excluding hydrogens is 196 g/mol. The minimum atomic E-state index is -0.370. The summed E-state index contributed by atoms with van der Waals surface area (Å²) in [7, 11) is 0. The molecule has 1 heterocycles. The second-order valence-corrected chi connectivity index (χ2v) is 4.15. The van der Waals surface area contributed by atoms with E-state index in [0.29, 0.717) is 26.1 Å². The molecule has 0 saturated carbocycles. The number of hydrogen-bond donors (Lipinski definition) is 2. The average molecular weight is 218 g/mol. The average Bonchev–Trinajstić information content (AvgIpc) is 2.51. The fourth-order valence-corrected chi connectivity index (χ4v) is 2.13. The Hall–Kier alpha value is -0.160. The zero-order valence-corrected chi connectivity index (χ0v) is 9.56. The van der Waals surface area contributed by atoms with Crippen molar-refractivity contribution in [2.24, 2.45) is 5.92 Å². The summed E-state index contributed by atoms with van der Waals surface area (Å²) in [6, 6.07) is 0. The van der Waals surface area contributed by atoms with Crippen LogP contribution in [-0.2, 0) is 9.47 Å². The third-order valence-electron chi connectivity index (χ3n) is 2.79. The normalized spacial score (nSPS) is 33.2. The van der Waals surface area contributed by atoms with Gasteiger partial charge in [-0.25, -0.2) is 0 Å². The fraction of sp³-hybridized carbons (Fsp3) is 1.00. The third-order valence-corrected chi connectivity index (χ3v) is 2.79. The first-order valence-corrected chi connectivity index (χ1v) is 5.71. The zero-order chi connectivity index (χ0) is 11.3. The molecule has 1 aliphatic heterocycles. The van der Waals surface area contributed by atoms with Gasteiger partial charge in [0, 0.05) is 25.6 Å². The minimum Gasteiger partial charge on any atom is -0.396 e. The Bertz CT molecular complexity index is 172. The first kappa shape index (κ1) is 12.9. The van der Waals surface area contributed by atoms with Crippen LogP contribution in [0.15, 0.2) is 0 Å². The SMILES string of the molecule is CCO[C@H]1C(CCO)COC1CC(C)O. The van der Waals surface area contributed by atoms with E-state index in [1.54, 1.807) is 6.92 Å². The predicted octanol–water partition coefficient (Wildman–Crippen LogP) is 0.560. The lowest BCUT2D eigenvalue weighted by Gasteiger charge is -2.23. The molecule has 1 fully saturated rings. The molecule has 4 atom stereocenters. The number of rotatable bonds is 6. The number of hydrogen-bond acceptors (Lipinski definition) is 4. The van der Waals surface area contributed by atoms with Crippen LogP contribution in [0.5, 0.6) is 0 Å². The number of aliphatic hydroxyl groups is 2. The molecule has 0 radical (unpaired) electrons. The highest BCUT2D eigenvalue weighted by Gasteiger charge is 2.37. The van der Waals surface area contributed by atoms with Crippen LogP contribution in [-0.4, -0.2) is 48.3 Å². The maximum atomic E-state index is 9.33. The van der Waals surface area contributed by atoms with Crippen LogP contribution >= 0.6 is 0 Å². The lowest BCUT2D eigenvalue weighted by Crippen LogP contribution is -2.32. The van der Waals surface area contributed by atoms with Crippen LogP contribution in [0, 0.1) is 5.92 Å². The van der Waals surface area contributed by atoms with Crippen molar-refractivity contribution < 1.29 is 19.7 Å². The molecule has 0 spiro atoms. The Morgan fingerprint density at radius 3 is 2.80 bits per heavy atom. The lowest BCUT2D eigenvalue weighted by atomic mass is 9.96. The topological polar surface area (TPSA) is 58.9 Å². The summed E-state index contributed by atoms with van der Waals surface area (Å²) in [4.78, 5) is 0. The van der Waals surface area contributed by atoms with Crippen molar-refractivity contribution in [1.29, 1.82) is 0 Å². The summed E-state index contributed by atoms with van der Waals surface area (Å²) in [5, 5.41) is 18.3. The maximum Gasteiger partial charge on any atom is 0.0888 e. The van der Waals surface area contributed by atoms with E-state index in [-0.39, 0.29) is 30.8 Å². The van der Waals surface area contributed by atoms with E-state index in [1.165, 1.54) is 0 Å². The van der Waals surface area contributed by atoms with Crippen LogP contribution in [0.2, 0.25) is 0 Å². The predicted molar refractivity (Wildman–Crippen MR) is 56.6 cm³/mol. The Labute approximate surface area is 91.2 Å². The van der Waals surface area contributed by atoms with Gasteiger partial charge in [-0.2, -0.15) is 0 Å². The quantitative estimate of drug-likeness (QED) is 0.684. The van der Waals surface area contributed by atoms with Crippen LogP contribution in [0.4, 0.5) is 0 Å². The summed E-state index contributed by atoms with van der Waals surface area (Å²) < 4.78 is 11.2. The van der Waals surface area contributed by atoms with Crippen molar-refractivity contribution in [1.82, 2.24) is 0 Å². The molecule has 2 N–H and O–H groups in total. The molecule has 15 heavy (non-hydrogen) atoms. The standard InChI is InChI=1S/C11H22O4/c1-3-14-11-9(4-5-12)7-15-10(11)6-8(2)13/h8-13H,3-7H2,1-2H3/t8?,9?,10?,11-/m0/s1. The van der Waals surface area contributed by atoms with E-state index in [2.05, 4.69) is 0 Å². The van der Waals surface area contributed by atoms with Gasteiger partial charge in [-0.1, -0.05) is 0 Å². The summed E-state index contributed by atoms with van der Waals surface area (Å²) in [5.41, 5.74) is 0. The molecule has 0 amide bonds. The first-order chi connectivity index (χ1) is 7.19. The molecule has 1 aliphatic rings. The Morgan fingerprint density at radius 2 is 2.27 bits per heavy atom. The second-order valence-electron chi connectivity index (χ2n) is 4.15. The van der Waals surface area contributed by atoms with Gasteiger partial charge in [0.05, 0.1) is 24.9 Å². The zero-order valence-electron chi connectivity index (χ0n) is 9.56. The summed E-state index contributed by atoms with van der Waals surface area (Å²) >= 11 is 0. The molecule has 3 unspecified atom stereocenters. The van der Waals surface area contributed by atoms with Crippen LogP contribution in [0.1, 0.15) is 26.7 Å². The monoisotopic (exact) mass is 218 g/mol. The van der Waals surface area contributed by atoms with Gasteiger partial charge in [0.1, 0.15) is 0 Å². The van der Waals surface area contributed by atoms with Gasteiger partial charge >= 0.3 is 0 Å². The van der Waals surface area contributed by atoms with Gasteiger partial charge in [0.2, 0.25) is 0 Å². The van der Waals surface area contributed by atoms with Gasteiger partial charge < -0.3 is 19.7 Å². The summed E-state index contributed by atoms with van der Waals surface area (Å²) in [6.45, 7) is 5.15. The molecule has 4 nitrogen and oxygen atoms in total. The summed E-state index contributed by atoms with van der Waals surface area (Å²) in [5.74, 6) is 0.263. The molecular formula is C11H22O4. The van der Waals surface area contributed by atoms with E-state index in [4.69, 9.17) is 14.6 Å². The van der Waals surface area contributed by atoms with Gasteiger partial charge in [-0.05, 0) is 20.3 Å². The fourth-order valence-electron chi connectivity index (χ4n) is 2.13. The molecule has 0 aromatic rings. The second kappa shape index (κ2) is 6.43. The number of aliphatic hydroxyl groups excluding tert-OH is 2. The number of ether oxygens (including phenoxy) is 2. The minimum absolute atomic E-state index is 0.0248. The van der Waals surface area contributed by atoms with Crippen LogP contribution in [0.3, 0.4) is 0 Å². The Balaban J connectivity index is 2.49. The molecule has 90 valence electrons. The first-order valence-electron chi connectivity index (χ1n) is 5.71. The van der Waals surface area contributed by atoms with Crippen molar-refractivity contribution in [2.75, 3.05) is 19.8 Å². The maximum absolute atomic E-state index is 9.33. The van der Waals surface area contributed by atoms with Crippen molar-refractivity contribution in [3.05, 3.63) is 0 Å². The lowest BCUT2D eigenvalue weighted by molar-refractivity contribution is -0.0326. The third kappa shape index (κ3) is 3.72. The molecule has 1 saturated heterocycles. The van der Waals surface area contributed by atoms with Crippen LogP contribution in [0.25, 0.3) is 0 Å². The molecule has 4 heteroatoms. The molecule has 0 aromatic carbocycles. The molecule has 0 aromatic heterocycles. The molecule has 0 bridgehead atoms. The van der Waals surface area contributed by atoms with Crippen molar-refractivity contribution in [3.63, 3.8) is 0 Å². The summed E-state index contributed by atoms with van der Waals surface area (Å²) in [6.07, 6.45) is 0.942. The van der Waals surface area contributed by atoms with Crippen LogP contribution < -0.4 is 0 Å². The molecule has 0 aliphatic carbocycles. The van der Waals surface area contributed by atoms with E-state index in [9.17, 15) is 5.11 Å². The van der Waals surface area contributed by atoms with Crippen molar-refractivity contribution >= 4 is 0 Å². The van der Waals surface area contributed by atoms with E-state index in [1.807, 2.05) is 6.92 Å². The highest BCUT2D eigenvalue weighted by molar-refractivity contribution is 4.85. The highest BCUT2D eigenvalue weighted by atomic mass is 16.6. The van der Waals surface area contributed by atoms with Gasteiger partial charge in [-0.3, -0.25) is 0 Å².